The van der Waals surface area contributed by atoms with Crippen molar-refractivity contribution in [1.29, 1.82) is 0 Å². The number of nitrogens with zero attached hydrogens (tertiary/aromatic N) is 1. The number of carbonyl (C=O) groups excluding carboxylic acids is 2. The average Bonchev–Trinajstić information content (AvgIpc) is 3.03. The van der Waals surface area contributed by atoms with E-state index >= 15 is 0 Å². The minimum Gasteiger partial charge on any atom is -0.507 e. The Morgan fingerprint density at radius 3 is 2.31 bits per heavy atom. The largest absolute Gasteiger partial charge is 0.507 e. The topological polar surface area (TPSA) is 85.3 Å². The zero-order valence-corrected chi connectivity index (χ0v) is 19.1. The first-order chi connectivity index (χ1) is 15.3. The minimum absolute atomic E-state index is 0.0425. The number of ketones is 1. The van der Waals surface area contributed by atoms with Gasteiger partial charge in [0.05, 0.1) is 31.4 Å². The molecule has 0 radical (unpaired) electrons. The van der Waals surface area contributed by atoms with Crippen LogP contribution in [-0.4, -0.2) is 56.2 Å². The summed E-state index contributed by atoms with van der Waals surface area (Å²) in [4.78, 5) is 27.6. The first kappa shape index (κ1) is 23.3. The molecule has 1 saturated heterocycles. The molecule has 1 unspecified atom stereocenters. The van der Waals surface area contributed by atoms with Gasteiger partial charge in [-0.2, -0.15) is 0 Å². The Morgan fingerprint density at radius 1 is 1.03 bits per heavy atom. The third kappa shape index (κ3) is 4.34. The molecule has 2 aromatic rings. The van der Waals surface area contributed by atoms with Crippen LogP contribution in [0.5, 0.6) is 11.5 Å². The van der Waals surface area contributed by atoms with Gasteiger partial charge in [-0.15, -0.1) is 0 Å². The summed E-state index contributed by atoms with van der Waals surface area (Å²) in [7, 11) is 4.67. The van der Waals surface area contributed by atoms with E-state index in [4.69, 9.17) is 14.2 Å². The number of hydrogen-bond donors (Lipinski definition) is 1. The molecule has 1 heterocycles. The van der Waals surface area contributed by atoms with Crippen molar-refractivity contribution < 1.29 is 28.9 Å². The van der Waals surface area contributed by atoms with Crippen LogP contribution < -0.4 is 9.47 Å². The fourth-order valence-corrected chi connectivity index (χ4v) is 4.17. The van der Waals surface area contributed by atoms with Crippen LogP contribution in [-0.2, 0) is 14.3 Å². The van der Waals surface area contributed by atoms with E-state index in [1.165, 1.54) is 12.0 Å². The molecule has 0 aromatic heterocycles. The Hall–Kier alpha value is -3.32. The summed E-state index contributed by atoms with van der Waals surface area (Å²) >= 11 is 0. The second-order valence-electron chi connectivity index (χ2n) is 7.77. The fourth-order valence-electron chi connectivity index (χ4n) is 4.17. The van der Waals surface area contributed by atoms with Gasteiger partial charge in [0.2, 0.25) is 0 Å². The molecule has 1 atom stereocenters. The lowest BCUT2D eigenvalue weighted by atomic mass is 9.93. The Balaban J connectivity index is 2.20. The van der Waals surface area contributed by atoms with Gasteiger partial charge in [-0.1, -0.05) is 18.2 Å². The summed E-state index contributed by atoms with van der Waals surface area (Å²) in [6.45, 7) is 4.53. The number of benzene rings is 2. The van der Waals surface area contributed by atoms with E-state index in [-0.39, 0.29) is 11.3 Å². The van der Waals surface area contributed by atoms with Gasteiger partial charge in [0, 0.05) is 20.3 Å². The number of aliphatic hydroxyl groups is 1. The van der Waals surface area contributed by atoms with Gasteiger partial charge < -0.3 is 24.2 Å². The number of methoxy groups -OCH3 is 3. The number of hydrogen-bond acceptors (Lipinski definition) is 6. The van der Waals surface area contributed by atoms with E-state index in [2.05, 4.69) is 0 Å². The second-order valence-corrected chi connectivity index (χ2v) is 7.77. The third-order valence-electron chi connectivity index (χ3n) is 5.60. The summed E-state index contributed by atoms with van der Waals surface area (Å²) in [6.07, 6.45) is 0.559. The van der Waals surface area contributed by atoms with Gasteiger partial charge in [-0.25, -0.2) is 0 Å². The van der Waals surface area contributed by atoms with Crippen molar-refractivity contribution in [1.82, 2.24) is 4.90 Å². The van der Waals surface area contributed by atoms with Gasteiger partial charge in [0.25, 0.3) is 11.7 Å². The lowest BCUT2D eigenvalue weighted by molar-refractivity contribution is -0.140. The van der Waals surface area contributed by atoms with Crippen LogP contribution in [0.2, 0.25) is 0 Å². The molecule has 0 aliphatic carbocycles. The number of aryl methyl sites for hydroxylation is 2. The highest BCUT2D eigenvalue weighted by atomic mass is 16.5. The maximum atomic E-state index is 13.1. The number of rotatable bonds is 8. The highest BCUT2D eigenvalue weighted by Gasteiger charge is 2.46. The summed E-state index contributed by atoms with van der Waals surface area (Å²) < 4.78 is 15.9. The lowest BCUT2D eigenvalue weighted by Crippen LogP contribution is -2.31. The average molecular weight is 440 g/mol. The molecule has 1 aliphatic rings. The van der Waals surface area contributed by atoms with Crippen molar-refractivity contribution >= 4 is 17.4 Å². The molecule has 0 saturated carbocycles. The van der Waals surface area contributed by atoms with Crippen LogP contribution in [0.15, 0.2) is 42.0 Å². The first-order valence-corrected chi connectivity index (χ1v) is 10.4. The highest BCUT2D eigenvalue weighted by Crippen LogP contribution is 2.42. The number of amides is 1. The van der Waals surface area contributed by atoms with Gasteiger partial charge >= 0.3 is 0 Å². The molecule has 0 spiro atoms. The molecule has 1 aliphatic heterocycles. The van der Waals surface area contributed by atoms with Crippen molar-refractivity contribution in [3.05, 3.63) is 64.2 Å². The van der Waals surface area contributed by atoms with E-state index in [1.807, 2.05) is 19.9 Å². The lowest BCUT2D eigenvalue weighted by Gasteiger charge is -2.25. The predicted octanol–water partition coefficient (Wildman–Crippen LogP) is 3.78. The Morgan fingerprint density at radius 2 is 1.72 bits per heavy atom. The van der Waals surface area contributed by atoms with Crippen LogP contribution in [0.1, 0.15) is 34.7 Å². The van der Waals surface area contributed by atoms with Crippen LogP contribution in [0.4, 0.5) is 0 Å². The molecule has 7 heteroatoms. The maximum Gasteiger partial charge on any atom is 0.295 e. The Bertz CT molecular complexity index is 1040. The molecule has 7 nitrogen and oxygen atoms in total. The van der Waals surface area contributed by atoms with E-state index in [9.17, 15) is 14.7 Å². The van der Waals surface area contributed by atoms with Gasteiger partial charge in [0.15, 0.2) is 0 Å². The molecule has 0 bridgehead atoms. The van der Waals surface area contributed by atoms with Crippen molar-refractivity contribution in [3.8, 4) is 11.5 Å². The van der Waals surface area contributed by atoms with Crippen molar-refractivity contribution in [2.75, 3.05) is 34.5 Å². The SMILES string of the molecule is COCCCN1C(=O)C(=O)/C(=C(/O)c2cc(C)cc(C)c2OC)C1c1ccc(OC)cc1. The molecule has 3 rings (SSSR count). The fraction of sp³-hybridized carbons (Fsp3) is 0.360. The van der Waals surface area contributed by atoms with E-state index < -0.39 is 17.7 Å². The molecule has 32 heavy (non-hydrogen) atoms. The smallest absolute Gasteiger partial charge is 0.295 e. The maximum absolute atomic E-state index is 13.1. The molecule has 1 fully saturated rings. The zero-order chi connectivity index (χ0) is 23.4. The van der Waals surface area contributed by atoms with E-state index in [0.717, 1.165) is 11.1 Å². The van der Waals surface area contributed by atoms with Gasteiger partial charge in [0.1, 0.15) is 17.3 Å². The van der Waals surface area contributed by atoms with Crippen molar-refractivity contribution in [2.24, 2.45) is 0 Å². The molecule has 2 aromatic carbocycles. The number of likely N-dealkylation sites (tertiary alicyclic amines) is 1. The number of carbonyl (C=O) groups is 2. The van der Waals surface area contributed by atoms with Crippen LogP contribution in [0.3, 0.4) is 0 Å². The summed E-state index contributed by atoms with van der Waals surface area (Å²) in [5.74, 6) is -0.496. The van der Waals surface area contributed by atoms with Crippen molar-refractivity contribution in [3.63, 3.8) is 0 Å². The van der Waals surface area contributed by atoms with Gasteiger partial charge in [-0.3, -0.25) is 9.59 Å². The normalized spacial score (nSPS) is 17.7. The Labute approximate surface area is 188 Å². The molecular formula is C25H29NO6. The molecule has 1 amide bonds. The number of ether oxygens (including phenoxy) is 3. The standard InChI is InChI=1S/C25H29NO6/c1-15-13-16(2)24(32-5)19(14-15)22(27)20-21(17-7-9-18(31-4)10-8-17)26(11-6-12-30-3)25(29)23(20)28/h7-10,13-14,21,27H,6,11-12H2,1-5H3/b22-20+. The summed E-state index contributed by atoms with van der Waals surface area (Å²) in [5, 5.41) is 11.3. The van der Waals surface area contributed by atoms with Crippen molar-refractivity contribution in [2.45, 2.75) is 26.3 Å². The number of aliphatic hydroxyl groups excluding tert-OH is 1. The third-order valence-corrected chi connectivity index (χ3v) is 5.60. The highest BCUT2D eigenvalue weighted by molar-refractivity contribution is 6.46. The first-order valence-electron chi connectivity index (χ1n) is 10.4. The Kier molecular flexibility index (Phi) is 7.20. The molecule has 170 valence electrons. The van der Waals surface area contributed by atoms with Crippen LogP contribution in [0, 0.1) is 13.8 Å². The molecular weight excluding hydrogens is 410 g/mol. The minimum atomic E-state index is -0.733. The summed E-state index contributed by atoms with van der Waals surface area (Å²) in [5.41, 5.74) is 2.86. The van der Waals surface area contributed by atoms with Gasteiger partial charge in [-0.05, 0) is 55.2 Å². The van der Waals surface area contributed by atoms with Crippen LogP contribution >= 0.6 is 0 Å². The predicted molar refractivity (Wildman–Crippen MR) is 121 cm³/mol. The van der Waals surface area contributed by atoms with E-state index in [1.54, 1.807) is 44.6 Å². The monoisotopic (exact) mass is 439 g/mol. The second kappa shape index (κ2) is 9.87. The summed E-state index contributed by atoms with van der Waals surface area (Å²) in [6, 6.07) is 10.1. The van der Waals surface area contributed by atoms with Crippen LogP contribution in [0.25, 0.3) is 5.76 Å². The van der Waals surface area contributed by atoms with E-state index in [0.29, 0.717) is 42.2 Å². The zero-order valence-electron chi connectivity index (χ0n) is 19.1. The number of Topliss-reactive ketones (excluding diaryl/α,β-unsaturated/α-hetero) is 1. The molecule has 1 N–H and O–H groups in total. The quantitative estimate of drug-likeness (QED) is 0.292.